The number of aromatic nitrogens is 4. The fourth-order valence-corrected chi connectivity index (χ4v) is 7.75. The van der Waals surface area contributed by atoms with Gasteiger partial charge < -0.3 is 9.97 Å². The predicted molar refractivity (Wildman–Crippen MR) is 223 cm³/mol. The first kappa shape index (κ1) is 32.4. The van der Waals surface area contributed by atoms with Crippen LogP contribution in [0.2, 0.25) is 0 Å². The molecule has 2 N–H and O–H groups in total. The molecule has 5 heterocycles. The lowest BCUT2D eigenvalue weighted by molar-refractivity contribution is -0.109. The molecule has 0 spiro atoms. The number of nitrogens with one attached hydrogen (secondary N) is 2. The van der Waals surface area contributed by atoms with Gasteiger partial charge in [0.2, 0.25) is 0 Å². The number of H-pyrrole nitrogens is 2. The zero-order valence-electron chi connectivity index (χ0n) is 29.0. The van der Waals surface area contributed by atoms with Crippen LogP contribution in [-0.2, 0) is 10.5 Å². The fraction of sp³-hybridized carbons (Fsp3) is 0.0426. The van der Waals surface area contributed by atoms with Gasteiger partial charge in [0.05, 0.1) is 22.8 Å². The maximum Gasteiger partial charge on any atom is 0.186 e. The molecule has 53 heavy (non-hydrogen) atoms. The van der Waals surface area contributed by atoms with E-state index >= 15 is 0 Å². The lowest BCUT2D eigenvalue weighted by Crippen LogP contribution is -1.90. The lowest BCUT2D eigenvalue weighted by Gasteiger charge is -2.07. The van der Waals surface area contributed by atoms with Crippen molar-refractivity contribution in [3.05, 3.63) is 168 Å². The maximum absolute atomic E-state index is 11.7. The smallest absolute Gasteiger partial charge is 0.186 e. The molecule has 0 radical (unpaired) electrons. The summed E-state index contributed by atoms with van der Waals surface area (Å²) in [6.45, 7) is 1.61. The molecule has 2 aliphatic rings. The van der Waals surface area contributed by atoms with Crippen molar-refractivity contribution in [1.82, 2.24) is 19.9 Å². The summed E-state index contributed by atoms with van der Waals surface area (Å²) in [5, 5.41) is 0.110. The Morgan fingerprint density at radius 1 is 0.453 bits per heavy atom. The minimum absolute atomic E-state index is 0.110. The van der Waals surface area contributed by atoms with Crippen LogP contribution in [0, 0.1) is 0 Å². The zero-order valence-corrected chi connectivity index (χ0v) is 29.8. The second-order valence-electron chi connectivity index (χ2n) is 13.1. The molecule has 2 aliphatic heterocycles. The summed E-state index contributed by atoms with van der Waals surface area (Å²) in [7, 11) is 0. The van der Waals surface area contributed by atoms with E-state index in [4.69, 9.17) is 9.97 Å². The summed E-state index contributed by atoms with van der Waals surface area (Å²) in [5.41, 5.74) is 16.7. The second kappa shape index (κ2) is 13.9. The molecular weight excluding hydrogens is 669 g/mol. The van der Waals surface area contributed by atoms with Crippen molar-refractivity contribution < 1.29 is 4.79 Å². The molecule has 0 fully saturated rings. The molecule has 0 atom stereocenters. The number of thioether (sulfide) groups is 1. The largest absolute Gasteiger partial charge is 0.354 e. The van der Waals surface area contributed by atoms with Crippen LogP contribution < -0.4 is 0 Å². The Morgan fingerprint density at radius 3 is 1.09 bits per heavy atom. The van der Waals surface area contributed by atoms with E-state index in [-0.39, 0.29) is 5.12 Å². The highest BCUT2D eigenvalue weighted by molar-refractivity contribution is 8.12. The molecule has 0 amide bonds. The van der Waals surface area contributed by atoms with Gasteiger partial charge in [-0.05, 0) is 76.4 Å². The number of hydrogen-bond acceptors (Lipinski definition) is 4. The maximum atomic E-state index is 11.7. The highest BCUT2D eigenvalue weighted by Crippen LogP contribution is 2.38. The summed E-state index contributed by atoms with van der Waals surface area (Å²) in [5.74, 6) is 0.636. The van der Waals surface area contributed by atoms with Gasteiger partial charge in [0.1, 0.15) is 0 Å². The number of carbonyl (C=O) groups excluding carboxylic acids is 1. The molecule has 0 saturated carbocycles. The zero-order chi connectivity index (χ0) is 35.7. The molecule has 0 unspecified atom stereocenters. The van der Waals surface area contributed by atoms with E-state index in [9.17, 15) is 4.79 Å². The monoisotopic (exact) mass is 702 g/mol. The number of rotatable bonds is 6. The van der Waals surface area contributed by atoms with Crippen molar-refractivity contribution in [3.8, 4) is 44.5 Å². The number of nitrogens with zero attached hydrogens (tertiary/aromatic N) is 2. The molecule has 5 nitrogen and oxygen atoms in total. The number of fused-ring (bicyclic) bond motifs is 8. The van der Waals surface area contributed by atoms with Crippen molar-refractivity contribution in [3.63, 3.8) is 0 Å². The van der Waals surface area contributed by atoms with Gasteiger partial charge in [-0.1, -0.05) is 127 Å². The van der Waals surface area contributed by atoms with Crippen LogP contribution in [0.5, 0.6) is 0 Å². The number of carbonyl (C=O) groups is 1. The standard InChI is InChI=1S/C47H34N4OS/c1-30(52)53-29-31-17-19-35(20-18-31)47-42-27-25-40(50-42)45(33-13-7-3-8-14-33)38-23-21-36(48-38)44(32-11-5-2-6-12-32)37-22-24-39(49-37)46(34-15-9-4-10-16-34)41-26-28-43(47)51-41/h2-28,48,51H,29H2,1H3. The molecule has 3 aromatic heterocycles. The van der Waals surface area contributed by atoms with Gasteiger partial charge in [-0.3, -0.25) is 4.79 Å². The molecule has 0 aliphatic carbocycles. The minimum Gasteiger partial charge on any atom is -0.354 e. The molecule has 254 valence electrons. The van der Waals surface area contributed by atoms with Gasteiger partial charge in [-0.2, -0.15) is 0 Å². The Labute approximate surface area is 311 Å². The van der Waals surface area contributed by atoms with Crippen LogP contribution in [0.15, 0.2) is 140 Å². The summed E-state index contributed by atoms with van der Waals surface area (Å²) < 4.78 is 0. The van der Waals surface area contributed by atoms with Crippen LogP contribution in [0.3, 0.4) is 0 Å². The Hall–Kier alpha value is -6.50. The predicted octanol–water partition coefficient (Wildman–Crippen LogP) is 12.1. The quantitative estimate of drug-likeness (QED) is 0.181. The average Bonchev–Trinajstić information content (AvgIpc) is 4.04. The van der Waals surface area contributed by atoms with Crippen molar-refractivity contribution >= 4 is 63.2 Å². The van der Waals surface area contributed by atoms with E-state index in [1.54, 1.807) is 6.92 Å². The Kier molecular flexibility index (Phi) is 8.50. The molecule has 6 heteroatoms. The van der Waals surface area contributed by atoms with E-state index < -0.39 is 0 Å². The van der Waals surface area contributed by atoms with Crippen LogP contribution in [0.4, 0.5) is 0 Å². The van der Waals surface area contributed by atoms with E-state index in [0.29, 0.717) is 5.75 Å². The van der Waals surface area contributed by atoms with E-state index in [1.165, 1.54) is 11.8 Å². The first-order valence-corrected chi connectivity index (χ1v) is 18.6. The topological polar surface area (TPSA) is 74.4 Å². The normalized spacial score (nSPS) is 11.9. The van der Waals surface area contributed by atoms with E-state index in [1.807, 2.05) is 18.2 Å². The Bertz CT molecular complexity index is 2690. The summed E-state index contributed by atoms with van der Waals surface area (Å²) >= 11 is 1.32. The molecule has 9 rings (SSSR count). The lowest BCUT2D eigenvalue weighted by atomic mass is 10.0. The van der Waals surface area contributed by atoms with Gasteiger partial charge in [-0.15, -0.1) is 0 Å². The summed E-state index contributed by atoms with van der Waals surface area (Å²) in [6, 6.07) is 48.4. The third-order valence-corrected chi connectivity index (χ3v) is 10.5. The van der Waals surface area contributed by atoms with E-state index in [2.05, 4.69) is 156 Å². The molecule has 4 aromatic carbocycles. The van der Waals surface area contributed by atoms with Gasteiger partial charge in [0.25, 0.3) is 0 Å². The van der Waals surface area contributed by atoms with Crippen molar-refractivity contribution in [1.29, 1.82) is 0 Å². The number of aromatic amines is 2. The first-order valence-electron chi connectivity index (χ1n) is 17.6. The summed E-state index contributed by atoms with van der Waals surface area (Å²) in [6.07, 6.45) is 8.48. The van der Waals surface area contributed by atoms with Crippen LogP contribution in [-0.4, -0.2) is 25.1 Å². The molecule has 7 aromatic rings. The van der Waals surface area contributed by atoms with Gasteiger partial charge in [-0.25, -0.2) is 9.97 Å². The van der Waals surface area contributed by atoms with Crippen molar-refractivity contribution in [2.75, 3.05) is 0 Å². The Balaban J connectivity index is 1.41. The minimum atomic E-state index is 0.110. The van der Waals surface area contributed by atoms with Gasteiger partial charge in [0, 0.05) is 57.0 Å². The second-order valence-corrected chi connectivity index (χ2v) is 14.2. The van der Waals surface area contributed by atoms with Crippen LogP contribution in [0.25, 0.3) is 90.9 Å². The molecule has 8 bridgehead atoms. The Morgan fingerprint density at radius 2 is 0.774 bits per heavy atom. The molecule has 0 saturated heterocycles. The van der Waals surface area contributed by atoms with Crippen molar-refractivity contribution in [2.24, 2.45) is 0 Å². The van der Waals surface area contributed by atoms with Crippen molar-refractivity contribution in [2.45, 2.75) is 12.7 Å². The number of benzene rings is 4. The fourth-order valence-electron chi connectivity index (χ4n) is 7.19. The van der Waals surface area contributed by atoms with Gasteiger partial charge in [0.15, 0.2) is 5.12 Å². The summed E-state index contributed by atoms with van der Waals surface area (Å²) in [4.78, 5) is 30.0. The molecular formula is C47H34N4OS. The van der Waals surface area contributed by atoms with Crippen LogP contribution >= 0.6 is 11.8 Å². The highest BCUT2D eigenvalue weighted by atomic mass is 32.2. The highest BCUT2D eigenvalue weighted by Gasteiger charge is 2.19. The average molecular weight is 703 g/mol. The van der Waals surface area contributed by atoms with Crippen LogP contribution in [0.1, 0.15) is 35.3 Å². The third-order valence-electron chi connectivity index (χ3n) is 9.63. The SMILES string of the molecule is CC(=O)SCc1ccc(-c2c3nc(c(-c4ccccc4)c4ccc([nH]4)c(-c4ccccc4)c4nc(c(-c5ccccc5)c5ccc2[nH]5)C=C4)C=C3)cc1. The number of hydrogen-bond donors (Lipinski definition) is 2. The van der Waals surface area contributed by atoms with E-state index in [0.717, 1.165) is 94.9 Å². The first-order chi connectivity index (χ1) is 26.1. The third kappa shape index (κ3) is 6.34. The van der Waals surface area contributed by atoms with Gasteiger partial charge >= 0.3 is 0 Å².